The molecule has 38 heavy (non-hydrogen) atoms. The molecule has 1 atom stereocenters. The molecule has 0 aliphatic carbocycles. The van der Waals surface area contributed by atoms with Crippen LogP contribution >= 0.6 is 0 Å². The van der Waals surface area contributed by atoms with Crippen LogP contribution in [0.2, 0.25) is 0 Å². The molecular formula is C28H22FN5O4. The average molecular weight is 512 g/mol. The Morgan fingerprint density at radius 3 is 2.61 bits per heavy atom. The third kappa shape index (κ3) is 3.69. The topological polar surface area (TPSA) is 127 Å². The van der Waals surface area contributed by atoms with Crippen LogP contribution in [-0.4, -0.2) is 32.1 Å². The quantitative estimate of drug-likeness (QED) is 0.377. The maximum Gasteiger partial charge on any atom is 0.297 e. The lowest BCUT2D eigenvalue weighted by Gasteiger charge is -2.39. The number of primary amides is 1. The molecule has 0 saturated carbocycles. The molecule has 2 aromatic heterocycles. The first kappa shape index (κ1) is 23.4. The average Bonchev–Trinajstić information content (AvgIpc) is 3.35. The van der Waals surface area contributed by atoms with Crippen molar-refractivity contribution >= 4 is 23.0 Å². The Kier molecular flexibility index (Phi) is 5.45. The zero-order valence-corrected chi connectivity index (χ0v) is 20.3. The van der Waals surface area contributed by atoms with E-state index in [9.17, 15) is 14.7 Å². The van der Waals surface area contributed by atoms with Gasteiger partial charge in [0.15, 0.2) is 11.3 Å². The van der Waals surface area contributed by atoms with Crippen LogP contribution in [0.1, 0.15) is 33.1 Å². The van der Waals surface area contributed by atoms with Crippen molar-refractivity contribution in [3.8, 4) is 17.3 Å². The van der Waals surface area contributed by atoms with E-state index in [0.717, 1.165) is 5.56 Å². The van der Waals surface area contributed by atoms with Gasteiger partial charge in [0, 0.05) is 24.7 Å². The van der Waals surface area contributed by atoms with E-state index in [4.69, 9.17) is 10.2 Å². The zero-order chi connectivity index (χ0) is 26.6. The number of rotatable bonds is 4. The van der Waals surface area contributed by atoms with Gasteiger partial charge in [-0.3, -0.25) is 14.2 Å². The number of fused-ring (bicyclic) bond motifs is 2. The first-order valence-corrected chi connectivity index (χ1v) is 11.9. The summed E-state index contributed by atoms with van der Waals surface area (Å²) in [5, 5.41) is 10.7. The summed E-state index contributed by atoms with van der Waals surface area (Å²) < 4.78 is 22.2. The van der Waals surface area contributed by atoms with Gasteiger partial charge in [-0.25, -0.2) is 14.4 Å². The van der Waals surface area contributed by atoms with Gasteiger partial charge in [-0.1, -0.05) is 36.4 Å². The third-order valence-electron chi connectivity index (χ3n) is 6.86. The second-order valence-electron chi connectivity index (χ2n) is 9.11. The Bertz CT molecular complexity index is 1760. The molecule has 0 bridgehead atoms. The molecule has 1 amide bonds. The highest BCUT2D eigenvalue weighted by Gasteiger charge is 2.34. The van der Waals surface area contributed by atoms with E-state index < -0.39 is 29.1 Å². The summed E-state index contributed by atoms with van der Waals surface area (Å²) in [5.41, 5.74) is 7.94. The molecule has 0 spiro atoms. The third-order valence-corrected chi connectivity index (χ3v) is 6.86. The molecule has 1 unspecified atom stereocenters. The summed E-state index contributed by atoms with van der Waals surface area (Å²) >= 11 is 0. The minimum Gasteiger partial charge on any atom is -0.501 e. The molecule has 1 aliphatic heterocycles. The van der Waals surface area contributed by atoms with Crippen molar-refractivity contribution in [2.75, 3.05) is 11.4 Å². The Labute approximate surface area is 215 Å². The second kappa shape index (κ2) is 8.84. The smallest absolute Gasteiger partial charge is 0.297 e. The molecule has 190 valence electrons. The molecule has 0 radical (unpaired) electrons. The van der Waals surface area contributed by atoms with Crippen LogP contribution < -0.4 is 16.2 Å². The number of amides is 1. The molecule has 3 N–H and O–H groups in total. The predicted molar refractivity (Wildman–Crippen MR) is 138 cm³/mol. The van der Waals surface area contributed by atoms with Crippen molar-refractivity contribution in [1.29, 1.82) is 0 Å². The first-order chi connectivity index (χ1) is 18.3. The van der Waals surface area contributed by atoms with Gasteiger partial charge in [-0.2, -0.15) is 0 Å². The molecule has 1 aliphatic rings. The van der Waals surface area contributed by atoms with Crippen molar-refractivity contribution in [3.63, 3.8) is 0 Å². The number of aromatic hydroxyl groups is 1. The maximum absolute atomic E-state index is 15.3. The fourth-order valence-corrected chi connectivity index (χ4v) is 4.97. The highest BCUT2D eigenvalue weighted by Crippen LogP contribution is 2.40. The molecule has 0 fully saturated rings. The number of para-hydroxylation sites is 2. The number of carbonyl (C=O) groups is 1. The lowest BCUT2D eigenvalue weighted by atomic mass is 9.86. The molecule has 6 rings (SSSR count). The van der Waals surface area contributed by atoms with Crippen LogP contribution in [0.25, 0.3) is 22.7 Å². The van der Waals surface area contributed by atoms with Crippen LogP contribution in [-0.2, 0) is 13.5 Å². The standard InChI is InChI=1S/C28H22FN5O4/c1-33-27(37)24(35)22(26-31-20-8-4-5-9-21(20)38-26)32-28(33)34-13-12-15-10-11-16(25(30)36)14-18(15)23(34)17-6-2-3-7-19(17)29/h2-11,14,23,35H,12-13H2,1H3,(H2,30,36). The number of halogens is 1. The van der Waals surface area contributed by atoms with Gasteiger partial charge in [-0.05, 0) is 47.9 Å². The fraction of sp³-hybridized carbons (Fsp3) is 0.143. The second-order valence-corrected chi connectivity index (χ2v) is 9.11. The normalized spacial score (nSPS) is 15.0. The number of hydrogen-bond donors (Lipinski definition) is 2. The molecular weight excluding hydrogens is 489 g/mol. The Morgan fingerprint density at radius 2 is 1.84 bits per heavy atom. The lowest BCUT2D eigenvalue weighted by Crippen LogP contribution is -2.40. The number of aromatic nitrogens is 3. The summed E-state index contributed by atoms with van der Waals surface area (Å²) in [5.74, 6) is -1.51. The number of oxazole rings is 1. The van der Waals surface area contributed by atoms with Gasteiger partial charge in [0.1, 0.15) is 11.3 Å². The van der Waals surface area contributed by atoms with Gasteiger partial charge in [-0.15, -0.1) is 0 Å². The largest absolute Gasteiger partial charge is 0.501 e. The predicted octanol–water partition coefficient (Wildman–Crippen LogP) is 3.68. The minimum absolute atomic E-state index is 0.0153. The van der Waals surface area contributed by atoms with Crippen molar-refractivity contribution in [3.05, 3.63) is 105 Å². The highest BCUT2D eigenvalue weighted by atomic mass is 19.1. The number of hydrogen-bond acceptors (Lipinski definition) is 7. The van der Waals surface area contributed by atoms with Gasteiger partial charge in [0.05, 0.1) is 6.04 Å². The molecule has 0 saturated heterocycles. The van der Waals surface area contributed by atoms with E-state index in [2.05, 4.69) is 9.97 Å². The van der Waals surface area contributed by atoms with E-state index >= 15 is 4.39 Å². The SMILES string of the molecule is Cn1c(N2CCc3ccc(C(N)=O)cc3C2c2ccccc2F)nc(-c2nc3ccccc3o2)c(O)c1=O. The molecule has 10 heteroatoms. The lowest BCUT2D eigenvalue weighted by molar-refractivity contribution is 0.1000. The summed E-state index contributed by atoms with van der Waals surface area (Å²) in [7, 11) is 1.48. The summed E-state index contributed by atoms with van der Waals surface area (Å²) in [6.07, 6.45) is 0.536. The van der Waals surface area contributed by atoms with E-state index in [0.29, 0.717) is 35.2 Å². The molecule has 5 aromatic rings. The van der Waals surface area contributed by atoms with E-state index in [-0.39, 0.29) is 23.1 Å². The number of carbonyl (C=O) groups excluding carboxylic acids is 1. The number of benzene rings is 3. The highest BCUT2D eigenvalue weighted by molar-refractivity contribution is 5.93. The minimum atomic E-state index is -0.738. The Hall–Kier alpha value is -4.99. The van der Waals surface area contributed by atoms with Crippen LogP contribution in [0, 0.1) is 5.82 Å². The van der Waals surface area contributed by atoms with E-state index in [1.807, 2.05) is 6.07 Å². The first-order valence-electron chi connectivity index (χ1n) is 11.9. The number of nitrogens with zero attached hydrogens (tertiary/aromatic N) is 4. The van der Waals surface area contributed by atoms with Crippen LogP contribution in [0.5, 0.6) is 5.75 Å². The summed E-state index contributed by atoms with van der Waals surface area (Å²) in [4.78, 5) is 36.0. The Morgan fingerprint density at radius 1 is 1.08 bits per heavy atom. The van der Waals surface area contributed by atoms with Crippen molar-refractivity contribution in [1.82, 2.24) is 14.5 Å². The monoisotopic (exact) mass is 511 g/mol. The molecule has 9 nitrogen and oxygen atoms in total. The number of nitrogens with two attached hydrogens (primary N) is 1. The maximum atomic E-state index is 15.3. The molecule has 3 heterocycles. The molecule has 3 aromatic carbocycles. The zero-order valence-electron chi connectivity index (χ0n) is 20.3. The van der Waals surface area contributed by atoms with Crippen LogP contribution in [0.4, 0.5) is 10.3 Å². The van der Waals surface area contributed by atoms with Gasteiger partial charge < -0.3 is 20.2 Å². The summed E-state index contributed by atoms with van der Waals surface area (Å²) in [6, 6.07) is 17.7. The van der Waals surface area contributed by atoms with Gasteiger partial charge in [0.25, 0.3) is 11.4 Å². The van der Waals surface area contributed by atoms with Crippen molar-refractivity contribution < 1.29 is 18.7 Å². The van der Waals surface area contributed by atoms with E-state index in [1.54, 1.807) is 59.5 Å². The Balaban J connectivity index is 1.58. The van der Waals surface area contributed by atoms with Crippen LogP contribution in [0.3, 0.4) is 0 Å². The van der Waals surface area contributed by atoms with E-state index in [1.165, 1.54) is 17.7 Å². The van der Waals surface area contributed by atoms with Gasteiger partial charge >= 0.3 is 0 Å². The number of anilines is 1. The fourth-order valence-electron chi connectivity index (χ4n) is 4.97. The summed E-state index contributed by atoms with van der Waals surface area (Å²) in [6.45, 7) is 0.375. The van der Waals surface area contributed by atoms with Crippen molar-refractivity contribution in [2.45, 2.75) is 12.5 Å². The van der Waals surface area contributed by atoms with Crippen molar-refractivity contribution in [2.24, 2.45) is 12.8 Å². The van der Waals surface area contributed by atoms with Gasteiger partial charge in [0.2, 0.25) is 17.6 Å². The van der Waals surface area contributed by atoms with Crippen LogP contribution in [0.15, 0.2) is 75.9 Å².